The Morgan fingerprint density at radius 3 is 2.61 bits per heavy atom. The monoisotopic (exact) mass is 278 g/mol. The highest BCUT2D eigenvalue weighted by Gasteiger charge is 2.16. The predicted molar refractivity (Wildman–Crippen MR) is 74.9 cm³/mol. The smallest absolute Gasteiger partial charge is 0.316 e. The first-order chi connectivity index (χ1) is 8.35. The molecule has 0 aliphatic rings. The van der Waals surface area contributed by atoms with E-state index in [1.54, 1.807) is 0 Å². The third-order valence-electron chi connectivity index (χ3n) is 1.90. The third kappa shape index (κ3) is 12.2. The molecule has 0 fully saturated rings. The second-order valence-corrected chi connectivity index (χ2v) is 6.21. The average Bonchev–Trinajstić information content (AvgIpc) is 2.22. The number of aliphatic hydroxyl groups is 1. The molecule has 0 bridgehead atoms. The molecule has 18 heavy (non-hydrogen) atoms. The first-order valence-electron chi connectivity index (χ1n) is 6.40. The number of carbonyl (C=O) groups is 1. The maximum atomic E-state index is 11.4. The summed E-state index contributed by atoms with van der Waals surface area (Å²) in [6, 6.07) is 0. The maximum Gasteiger partial charge on any atom is 0.316 e. The molecule has 4 nitrogen and oxygen atoms in total. The molecule has 0 aliphatic heterocycles. The lowest BCUT2D eigenvalue weighted by Gasteiger charge is -2.19. The second-order valence-electron chi connectivity index (χ2n) is 5.18. The predicted octanol–water partition coefficient (Wildman–Crippen LogP) is 2.24. The van der Waals surface area contributed by atoms with Crippen LogP contribution in [0.25, 0.3) is 0 Å². The molecule has 0 saturated carbocycles. The number of aliphatic hydroxyl groups excluding tert-OH is 1. The molecule has 0 spiro atoms. The van der Waals surface area contributed by atoms with Gasteiger partial charge in [-0.2, -0.15) is 0 Å². The number of hydrogen-bond donors (Lipinski definition) is 1. The van der Waals surface area contributed by atoms with Crippen LogP contribution in [0.1, 0.15) is 40.5 Å². The van der Waals surface area contributed by atoms with Gasteiger partial charge in [-0.15, -0.1) is 11.8 Å². The Morgan fingerprint density at radius 1 is 1.39 bits per heavy atom. The van der Waals surface area contributed by atoms with Crippen LogP contribution in [0, 0.1) is 0 Å². The van der Waals surface area contributed by atoms with Crippen LogP contribution in [0.4, 0.5) is 0 Å². The largest absolute Gasteiger partial charge is 0.459 e. The SMILES string of the molecule is CCCCOCC(O)CSCC(=O)OC(C)(C)C. The number of unbranched alkanes of at least 4 members (excludes halogenated alkanes) is 1. The van der Waals surface area contributed by atoms with Crippen molar-refractivity contribution in [1.29, 1.82) is 0 Å². The molecule has 0 aromatic rings. The van der Waals surface area contributed by atoms with Gasteiger partial charge in [0.15, 0.2) is 0 Å². The molecule has 1 atom stereocenters. The molecule has 0 amide bonds. The number of ether oxygens (including phenoxy) is 2. The van der Waals surface area contributed by atoms with Gasteiger partial charge < -0.3 is 14.6 Å². The molecule has 0 heterocycles. The summed E-state index contributed by atoms with van der Waals surface area (Å²) in [5, 5.41) is 9.60. The van der Waals surface area contributed by atoms with Crippen LogP contribution >= 0.6 is 11.8 Å². The van der Waals surface area contributed by atoms with Crippen LogP contribution in [0.15, 0.2) is 0 Å². The molecule has 0 rings (SSSR count). The standard InChI is InChI=1S/C13H26O4S/c1-5-6-7-16-8-11(14)9-18-10-12(15)17-13(2,3)4/h11,14H,5-10H2,1-4H3. The Balaban J connectivity index is 3.50. The van der Waals surface area contributed by atoms with Gasteiger partial charge in [0.05, 0.1) is 18.5 Å². The average molecular weight is 278 g/mol. The van der Waals surface area contributed by atoms with Crippen molar-refractivity contribution >= 4 is 17.7 Å². The third-order valence-corrected chi connectivity index (χ3v) is 2.96. The molecule has 0 saturated heterocycles. The normalized spacial score (nSPS) is 13.4. The number of carbonyl (C=O) groups excluding carboxylic acids is 1. The van der Waals surface area contributed by atoms with Gasteiger partial charge in [0.25, 0.3) is 0 Å². The number of esters is 1. The van der Waals surface area contributed by atoms with Gasteiger partial charge in [-0.1, -0.05) is 13.3 Å². The Morgan fingerprint density at radius 2 is 2.06 bits per heavy atom. The van der Waals surface area contributed by atoms with Crippen molar-refractivity contribution < 1.29 is 19.4 Å². The molecular formula is C13H26O4S. The minimum Gasteiger partial charge on any atom is -0.459 e. The highest BCUT2D eigenvalue weighted by atomic mass is 32.2. The molecule has 1 N–H and O–H groups in total. The first kappa shape index (κ1) is 17.7. The van der Waals surface area contributed by atoms with Crippen molar-refractivity contribution in [3.8, 4) is 0 Å². The number of rotatable bonds is 9. The molecule has 5 heteroatoms. The van der Waals surface area contributed by atoms with Crippen LogP contribution in [-0.2, 0) is 14.3 Å². The summed E-state index contributed by atoms with van der Waals surface area (Å²) in [5.74, 6) is 0.515. The zero-order valence-corrected chi connectivity index (χ0v) is 12.7. The molecular weight excluding hydrogens is 252 g/mol. The quantitative estimate of drug-likeness (QED) is 0.518. The Kier molecular flexibility index (Phi) is 9.50. The van der Waals surface area contributed by atoms with Crippen molar-refractivity contribution in [3.63, 3.8) is 0 Å². The fourth-order valence-corrected chi connectivity index (χ4v) is 1.87. The van der Waals surface area contributed by atoms with Crippen LogP contribution in [-0.4, -0.2) is 47.5 Å². The Bertz CT molecular complexity index is 226. The first-order valence-corrected chi connectivity index (χ1v) is 7.56. The van der Waals surface area contributed by atoms with E-state index in [1.165, 1.54) is 11.8 Å². The second kappa shape index (κ2) is 9.64. The van der Waals surface area contributed by atoms with E-state index in [0.29, 0.717) is 19.0 Å². The van der Waals surface area contributed by atoms with E-state index in [-0.39, 0.29) is 11.7 Å². The van der Waals surface area contributed by atoms with E-state index in [1.807, 2.05) is 20.8 Å². The van der Waals surface area contributed by atoms with Gasteiger partial charge in [-0.05, 0) is 27.2 Å². The van der Waals surface area contributed by atoms with Crippen molar-refractivity contribution in [3.05, 3.63) is 0 Å². The van der Waals surface area contributed by atoms with E-state index in [0.717, 1.165) is 12.8 Å². The number of hydrogen-bond acceptors (Lipinski definition) is 5. The lowest BCUT2D eigenvalue weighted by molar-refractivity contribution is -0.151. The zero-order valence-electron chi connectivity index (χ0n) is 11.9. The summed E-state index contributed by atoms with van der Waals surface area (Å²) in [4.78, 5) is 11.4. The minimum atomic E-state index is -0.519. The molecule has 1 unspecified atom stereocenters. The summed E-state index contributed by atoms with van der Waals surface area (Å²) in [6.45, 7) is 8.63. The van der Waals surface area contributed by atoms with E-state index in [9.17, 15) is 9.90 Å². The van der Waals surface area contributed by atoms with E-state index in [2.05, 4.69) is 6.92 Å². The molecule has 108 valence electrons. The van der Waals surface area contributed by atoms with Gasteiger partial charge in [0.1, 0.15) is 5.60 Å². The van der Waals surface area contributed by atoms with Crippen molar-refractivity contribution in [1.82, 2.24) is 0 Å². The van der Waals surface area contributed by atoms with E-state index < -0.39 is 11.7 Å². The lowest BCUT2D eigenvalue weighted by Crippen LogP contribution is -2.26. The Hall–Kier alpha value is -0.260. The summed E-state index contributed by atoms with van der Waals surface area (Å²) in [5.41, 5.74) is -0.445. The van der Waals surface area contributed by atoms with E-state index in [4.69, 9.17) is 9.47 Å². The van der Waals surface area contributed by atoms with Gasteiger partial charge in [-0.3, -0.25) is 4.79 Å². The van der Waals surface area contributed by atoms with Crippen molar-refractivity contribution in [2.24, 2.45) is 0 Å². The topological polar surface area (TPSA) is 55.8 Å². The molecule has 0 aromatic heterocycles. The summed E-state index contributed by atoms with van der Waals surface area (Å²) in [6.07, 6.45) is 1.58. The van der Waals surface area contributed by atoms with E-state index >= 15 is 0 Å². The Labute approximate surface area is 114 Å². The van der Waals surface area contributed by atoms with Crippen molar-refractivity contribution in [2.45, 2.75) is 52.2 Å². The molecule has 0 radical (unpaired) electrons. The molecule has 0 aliphatic carbocycles. The van der Waals surface area contributed by atoms with Gasteiger partial charge >= 0.3 is 5.97 Å². The highest BCUT2D eigenvalue weighted by Crippen LogP contribution is 2.10. The minimum absolute atomic E-state index is 0.244. The van der Waals surface area contributed by atoms with Gasteiger partial charge in [0.2, 0.25) is 0 Å². The summed E-state index contributed by atoms with van der Waals surface area (Å²) < 4.78 is 10.5. The fourth-order valence-electron chi connectivity index (χ4n) is 1.16. The molecule has 0 aromatic carbocycles. The number of thioether (sulfide) groups is 1. The summed E-state index contributed by atoms with van der Waals surface area (Å²) in [7, 11) is 0. The highest BCUT2D eigenvalue weighted by molar-refractivity contribution is 7.99. The van der Waals surface area contributed by atoms with Gasteiger partial charge in [0, 0.05) is 12.4 Å². The van der Waals surface area contributed by atoms with Crippen LogP contribution in [0.3, 0.4) is 0 Å². The van der Waals surface area contributed by atoms with Crippen molar-refractivity contribution in [2.75, 3.05) is 24.7 Å². The summed E-state index contributed by atoms with van der Waals surface area (Å²) >= 11 is 1.37. The fraction of sp³-hybridized carbons (Fsp3) is 0.923. The van der Waals surface area contributed by atoms with Gasteiger partial charge in [-0.25, -0.2) is 0 Å². The van der Waals surface area contributed by atoms with Crippen LogP contribution in [0.2, 0.25) is 0 Å². The zero-order chi connectivity index (χ0) is 14.0. The maximum absolute atomic E-state index is 11.4. The lowest BCUT2D eigenvalue weighted by atomic mass is 10.2. The van der Waals surface area contributed by atoms with Crippen LogP contribution < -0.4 is 0 Å². The van der Waals surface area contributed by atoms with Crippen LogP contribution in [0.5, 0.6) is 0 Å².